The Labute approximate surface area is 141 Å². The third kappa shape index (κ3) is 3.41. The Morgan fingerprint density at radius 2 is 2.04 bits per heavy atom. The van der Waals surface area contributed by atoms with E-state index in [0.717, 1.165) is 25.2 Å². The molecule has 24 heavy (non-hydrogen) atoms. The van der Waals surface area contributed by atoms with E-state index in [0.29, 0.717) is 25.3 Å². The van der Waals surface area contributed by atoms with Gasteiger partial charge in [0.1, 0.15) is 0 Å². The highest BCUT2D eigenvalue weighted by Gasteiger charge is 2.32. The number of nitrogens with zero attached hydrogens (tertiary/aromatic N) is 2. The first kappa shape index (κ1) is 16.4. The van der Waals surface area contributed by atoms with E-state index in [4.69, 9.17) is 0 Å². The second-order valence-corrected chi connectivity index (χ2v) is 6.45. The molecule has 128 valence electrons. The number of hydrogen-bond acceptors (Lipinski definition) is 3. The monoisotopic (exact) mass is 331 g/mol. The summed E-state index contributed by atoms with van der Waals surface area (Å²) in [7, 11) is 0. The van der Waals surface area contributed by atoms with Gasteiger partial charge < -0.3 is 20.0 Å². The lowest BCUT2D eigenvalue weighted by Gasteiger charge is -2.32. The van der Waals surface area contributed by atoms with Gasteiger partial charge >= 0.3 is 0 Å². The number of fused-ring (bicyclic) bond motifs is 1. The van der Waals surface area contributed by atoms with Crippen molar-refractivity contribution in [3.05, 3.63) is 24.3 Å². The van der Waals surface area contributed by atoms with Crippen LogP contribution in [0.4, 0.5) is 11.4 Å². The summed E-state index contributed by atoms with van der Waals surface area (Å²) in [5.74, 6) is -0.0572. The number of nitrogens with one attached hydrogen (secondary N) is 2. The molecule has 3 amide bonds. The molecular weight excluding hydrogens is 308 g/mol. The van der Waals surface area contributed by atoms with Gasteiger partial charge in [0.05, 0.1) is 37.6 Å². The molecule has 0 spiro atoms. The van der Waals surface area contributed by atoms with Crippen LogP contribution in [-0.2, 0) is 14.4 Å². The van der Waals surface area contributed by atoms with Crippen molar-refractivity contribution in [2.75, 3.05) is 42.9 Å². The third-order valence-electron chi connectivity index (χ3n) is 4.68. The third-order valence-corrected chi connectivity index (χ3v) is 4.68. The fourth-order valence-corrected chi connectivity index (χ4v) is 3.39. The van der Waals surface area contributed by atoms with Crippen molar-refractivity contribution < 1.29 is 19.3 Å². The maximum absolute atomic E-state index is 12.9. The van der Waals surface area contributed by atoms with E-state index in [1.165, 1.54) is 4.90 Å². The number of benzene rings is 1. The molecule has 3 rings (SSSR count). The number of carbonyl (C=O) groups is 3. The molecule has 7 nitrogen and oxygen atoms in total. The Morgan fingerprint density at radius 3 is 2.75 bits per heavy atom. The summed E-state index contributed by atoms with van der Waals surface area (Å²) >= 11 is 0. The fraction of sp³-hybridized carbons (Fsp3) is 0.471. The molecule has 0 saturated carbocycles. The van der Waals surface area contributed by atoms with Crippen LogP contribution >= 0.6 is 0 Å². The van der Waals surface area contributed by atoms with Crippen molar-refractivity contribution in [3.8, 4) is 0 Å². The summed E-state index contributed by atoms with van der Waals surface area (Å²) in [4.78, 5) is 40.4. The number of quaternary nitrogens is 1. The summed E-state index contributed by atoms with van der Waals surface area (Å²) in [5, 5.41) is 2.87. The van der Waals surface area contributed by atoms with Gasteiger partial charge in [0.2, 0.25) is 12.3 Å². The van der Waals surface area contributed by atoms with E-state index < -0.39 is 0 Å². The number of para-hydroxylation sites is 2. The average molecular weight is 331 g/mol. The minimum atomic E-state index is -0.184. The van der Waals surface area contributed by atoms with Crippen molar-refractivity contribution in [2.45, 2.75) is 19.4 Å². The van der Waals surface area contributed by atoms with E-state index in [2.05, 4.69) is 5.32 Å². The summed E-state index contributed by atoms with van der Waals surface area (Å²) in [6.07, 6.45) is 1.15. The number of hydrogen-bond donors (Lipinski definition) is 2. The van der Waals surface area contributed by atoms with Crippen LogP contribution in [0.5, 0.6) is 0 Å². The summed E-state index contributed by atoms with van der Waals surface area (Å²) in [5.41, 5.74) is 1.44. The van der Waals surface area contributed by atoms with Crippen LogP contribution in [0, 0.1) is 0 Å². The van der Waals surface area contributed by atoms with E-state index in [9.17, 15) is 14.4 Å². The molecule has 1 saturated heterocycles. The largest absolute Gasteiger partial charge is 0.334 e. The number of rotatable bonds is 3. The van der Waals surface area contributed by atoms with Gasteiger partial charge in [-0.1, -0.05) is 12.1 Å². The molecule has 2 aliphatic heterocycles. The van der Waals surface area contributed by atoms with Gasteiger partial charge in [-0.15, -0.1) is 0 Å². The molecule has 2 N–H and O–H groups in total. The first-order valence-electron chi connectivity index (χ1n) is 8.32. The van der Waals surface area contributed by atoms with Crippen molar-refractivity contribution in [2.24, 2.45) is 0 Å². The van der Waals surface area contributed by atoms with Crippen LogP contribution in [-0.4, -0.2) is 61.9 Å². The predicted molar refractivity (Wildman–Crippen MR) is 89.8 cm³/mol. The van der Waals surface area contributed by atoms with Crippen molar-refractivity contribution >= 4 is 29.6 Å². The maximum Gasteiger partial charge on any atom is 0.282 e. The molecule has 0 unspecified atom stereocenters. The maximum atomic E-state index is 12.9. The molecule has 1 fully saturated rings. The van der Waals surface area contributed by atoms with Crippen LogP contribution in [0.2, 0.25) is 0 Å². The molecule has 1 aromatic carbocycles. The topological polar surface area (TPSA) is 74.2 Å². The average Bonchev–Trinajstić information content (AvgIpc) is 2.69. The summed E-state index contributed by atoms with van der Waals surface area (Å²) < 4.78 is 0. The molecule has 1 aromatic rings. The van der Waals surface area contributed by atoms with E-state index in [1.807, 2.05) is 31.2 Å². The van der Waals surface area contributed by atoms with Gasteiger partial charge in [-0.25, -0.2) is 0 Å². The zero-order valence-electron chi connectivity index (χ0n) is 13.8. The van der Waals surface area contributed by atoms with Crippen LogP contribution < -0.4 is 15.1 Å². The van der Waals surface area contributed by atoms with Gasteiger partial charge in [0.25, 0.3) is 5.91 Å². The summed E-state index contributed by atoms with van der Waals surface area (Å²) in [6, 6.07) is 7.23. The number of anilines is 2. The molecule has 2 aliphatic rings. The highest BCUT2D eigenvalue weighted by atomic mass is 16.2. The van der Waals surface area contributed by atoms with Crippen LogP contribution in [0.15, 0.2) is 24.3 Å². The normalized spacial score (nSPS) is 21.7. The zero-order valence-corrected chi connectivity index (χ0v) is 13.8. The molecule has 0 radical (unpaired) electrons. The molecule has 0 bridgehead atoms. The quantitative estimate of drug-likeness (QED) is 0.706. The van der Waals surface area contributed by atoms with Crippen LogP contribution in [0.1, 0.15) is 13.3 Å². The second-order valence-electron chi connectivity index (χ2n) is 6.45. The second kappa shape index (κ2) is 7.00. The first-order valence-corrected chi connectivity index (χ1v) is 8.32. The van der Waals surface area contributed by atoms with Crippen molar-refractivity contribution in [1.82, 2.24) is 4.90 Å². The number of carbonyl (C=O) groups excluding carboxylic acids is 3. The Bertz CT molecular complexity index is 640. The van der Waals surface area contributed by atoms with Gasteiger partial charge in [0, 0.05) is 12.5 Å². The number of amides is 3. The van der Waals surface area contributed by atoms with E-state index in [1.54, 1.807) is 9.80 Å². The van der Waals surface area contributed by atoms with Gasteiger partial charge in [-0.2, -0.15) is 0 Å². The molecule has 2 heterocycles. The minimum absolute atomic E-state index is 0.0148. The van der Waals surface area contributed by atoms with Crippen LogP contribution in [0.25, 0.3) is 0 Å². The van der Waals surface area contributed by atoms with E-state index in [-0.39, 0.29) is 24.3 Å². The Kier molecular flexibility index (Phi) is 4.80. The highest BCUT2D eigenvalue weighted by Crippen LogP contribution is 2.30. The molecular formula is C17H23N4O3+. The van der Waals surface area contributed by atoms with Crippen molar-refractivity contribution in [1.29, 1.82) is 0 Å². The lowest BCUT2D eigenvalue weighted by molar-refractivity contribution is -0.895. The minimum Gasteiger partial charge on any atom is -0.334 e. The predicted octanol–water partition coefficient (Wildman–Crippen LogP) is -0.893. The Balaban J connectivity index is 1.76. The molecule has 0 aromatic heterocycles. The molecule has 0 aliphatic carbocycles. The Hall–Kier alpha value is -2.41. The lowest BCUT2D eigenvalue weighted by atomic mass is 10.1. The molecule has 7 heteroatoms. The van der Waals surface area contributed by atoms with Gasteiger partial charge in [-0.3, -0.25) is 14.4 Å². The lowest BCUT2D eigenvalue weighted by Crippen LogP contribution is -3.15. The zero-order chi connectivity index (χ0) is 17.1. The van der Waals surface area contributed by atoms with E-state index >= 15 is 0 Å². The highest BCUT2D eigenvalue weighted by molar-refractivity contribution is 6.04. The summed E-state index contributed by atoms with van der Waals surface area (Å²) in [6.45, 7) is 5.17. The fourth-order valence-electron chi connectivity index (χ4n) is 3.39. The molecule has 1 atom stereocenters. The smallest absolute Gasteiger partial charge is 0.282 e. The van der Waals surface area contributed by atoms with Crippen LogP contribution in [0.3, 0.4) is 0 Å². The van der Waals surface area contributed by atoms with Gasteiger partial charge in [0.15, 0.2) is 6.54 Å². The first-order chi connectivity index (χ1) is 11.6. The SMILES string of the molecule is C[C@@H]1CC(=O)Nc2ccccc2N1C(=O)C[NH+]1CCN(C=O)CC1. The standard InChI is InChI=1S/C17H22N4O3/c1-13-10-16(23)18-14-4-2-3-5-15(14)21(13)17(24)11-19-6-8-20(12-22)9-7-19/h2-5,12-13H,6-11H2,1H3,(H,18,23)/p+1/t13-/m1/s1. The number of piperazine rings is 1. The Morgan fingerprint density at radius 1 is 1.33 bits per heavy atom. The van der Waals surface area contributed by atoms with Gasteiger partial charge in [-0.05, 0) is 19.1 Å². The van der Waals surface area contributed by atoms with Crippen molar-refractivity contribution in [3.63, 3.8) is 0 Å².